The lowest BCUT2D eigenvalue weighted by Gasteiger charge is -2.10. The Kier molecular flexibility index (Phi) is 6.23. The third-order valence-corrected chi connectivity index (χ3v) is 5.71. The molecule has 0 radical (unpaired) electrons. The Morgan fingerprint density at radius 2 is 0.868 bits per heavy atom. The van der Waals surface area contributed by atoms with E-state index in [0.29, 0.717) is 33.7 Å². The van der Waals surface area contributed by atoms with Gasteiger partial charge in [-0.3, -0.25) is 0 Å². The summed E-state index contributed by atoms with van der Waals surface area (Å²) in [6.07, 6.45) is 0. The maximum atomic E-state index is 13.9. The lowest BCUT2D eigenvalue weighted by Crippen LogP contribution is -2.12. The van der Waals surface area contributed by atoms with E-state index in [0.717, 1.165) is 12.1 Å². The molecule has 0 amide bonds. The molecule has 0 saturated carbocycles. The van der Waals surface area contributed by atoms with E-state index in [4.69, 9.17) is 9.47 Å². The van der Waals surface area contributed by atoms with Crippen LogP contribution in [0.5, 0.6) is 11.5 Å². The third kappa shape index (κ3) is 4.40. The van der Waals surface area contributed by atoms with E-state index in [-0.39, 0.29) is 11.5 Å². The summed E-state index contributed by atoms with van der Waals surface area (Å²) < 4.78 is 91.2. The number of carbonyl (C=O) groups is 2. The molecule has 0 spiro atoms. The molecule has 0 fully saturated rings. The molecule has 4 nitrogen and oxygen atoms in total. The molecular weight excluding hydrogens is 514 g/mol. The number of ether oxygens (including phenoxy) is 2. The lowest BCUT2D eigenvalue weighted by atomic mass is 10.0. The van der Waals surface area contributed by atoms with Gasteiger partial charge in [0.05, 0.1) is 11.1 Å². The van der Waals surface area contributed by atoms with Gasteiger partial charge in [-0.25, -0.2) is 35.9 Å². The Labute approximate surface area is 209 Å². The average molecular weight is 526 g/mol. The van der Waals surface area contributed by atoms with Crippen LogP contribution >= 0.6 is 0 Å². The highest BCUT2D eigenvalue weighted by atomic mass is 19.2. The molecule has 0 atom stereocenters. The van der Waals surface area contributed by atoms with E-state index in [9.17, 15) is 35.9 Å². The molecular formula is C28H12F6O4. The molecule has 5 rings (SSSR count). The molecule has 0 N–H and O–H groups in total. The van der Waals surface area contributed by atoms with Gasteiger partial charge < -0.3 is 9.47 Å². The zero-order chi connectivity index (χ0) is 27.1. The van der Waals surface area contributed by atoms with Gasteiger partial charge in [0, 0.05) is 0 Å². The van der Waals surface area contributed by atoms with E-state index >= 15 is 0 Å². The van der Waals surface area contributed by atoms with Crippen molar-refractivity contribution < 1.29 is 45.4 Å². The zero-order valence-corrected chi connectivity index (χ0v) is 18.8. The van der Waals surface area contributed by atoms with Crippen LogP contribution in [0.4, 0.5) is 26.3 Å². The van der Waals surface area contributed by atoms with Gasteiger partial charge in [0.25, 0.3) is 0 Å². The van der Waals surface area contributed by atoms with Crippen molar-refractivity contribution in [2.75, 3.05) is 0 Å². The average Bonchev–Trinajstić information content (AvgIpc) is 2.90. The van der Waals surface area contributed by atoms with Gasteiger partial charge in [0.1, 0.15) is 11.5 Å². The Balaban J connectivity index is 1.40. The summed E-state index contributed by atoms with van der Waals surface area (Å²) in [6, 6.07) is 15.0. The Morgan fingerprint density at radius 3 is 1.26 bits per heavy atom. The second-order valence-corrected chi connectivity index (χ2v) is 8.06. The highest BCUT2D eigenvalue weighted by Gasteiger charge is 2.22. The number of hydrogen-bond acceptors (Lipinski definition) is 4. The van der Waals surface area contributed by atoms with Gasteiger partial charge in [0.2, 0.25) is 0 Å². The number of fused-ring (bicyclic) bond motifs is 3. The normalized spacial score (nSPS) is 11.1. The van der Waals surface area contributed by atoms with Crippen LogP contribution in [0.3, 0.4) is 0 Å². The molecule has 10 heteroatoms. The highest BCUT2D eigenvalue weighted by molar-refractivity contribution is 6.08. The van der Waals surface area contributed by atoms with Crippen LogP contribution in [0.2, 0.25) is 0 Å². The molecule has 38 heavy (non-hydrogen) atoms. The summed E-state index contributed by atoms with van der Waals surface area (Å²) in [5, 5.41) is 2.57. The van der Waals surface area contributed by atoms with Crippen molar-refractivity contribution >= 4 is 33.5 Å². The first-order valence-corrected chi connectivity index (χ1v) is 10.8. The van der Waals surface area contributed by atoms with Gasteiger partial charge in [-0.1, -0.05) is 24.3 Å². The minimum Gasteiger partial charge on any atom is -0.423 e. The molecule has 0 aliphatic rings. The first-order valence-electron chi connectivity index (χ1n) is 10.8. The van der Waals surface area contributed by atoms with E-state index < -0.39 is 58.0 Å². The topological polar surface area (TPSA) is 52.6 Å². The predicted octanol–water partition coefficient (Wildman–Crippen LogP) is 7.27. The SMILES string of the molecule is O=C(Oc1ccc2c(ccc3cc(OC(=O)c4ccc(F)c(F)c4F)ccc32)c1)c1ccc(F)c(F)c1F. The number of benzene rings is 5. The van der Waals surface area contributed by atoms with Crippen LogP contribution in [0.15, 0.2) is 72.8 Å². The lowest BCUT2D eigenvalue weighted by molar-refractivity contribution is 0.0718. The van der Waals surface area contributed by atoms with E-state index in [1.54, 1.807) is 24.3 Å². The predicted molar refractivity (Wildman–Crippen MR) is 124 cm³/mol. The first kappa shape index (κ1) is 24.8. The molecule has 0 aliphatic carbocycles. The van der Waals surface area contributed by atoms with Gasteiger partial charge >= 0.3 is 11.9 Å². The third-order valence-electron chi connectivity index (χ3n) is 5.71. The van der Waals surface area contributed by atoms with Crippen molar-refractivity contribution in [2.24, 2.45) is 0 Å². The van der Waals surface area contributed by atoms with Crippen molar-refractivity contribution in [3.05, 3.63) is 119 Å². The summed E-state index contributed by atoms with van der Waals surface area (Å²) in [7, 11) is 0. The smallest absolute Gasteiger partial charge is 0.346 e. The summed E-state index contributed by atoms with van der Waals surface area (Å²) in [4.78, 5) is 24.6. The number of halogens is 6. The molecule has 190 valence electrons. The zero-order valence-electron chi connectivity index (χ0n) is 18.8. The second-order valence-electron chi connectivity index (χ2n) is 8.06. The molecule has 0 heterocycles. The Hall–Kier alpha value is -4.86. The van der Waals surface area contributed by atoms with Crippen molar-refractivity contribution in [1.29, 1.82) is 0 Å². The van der Waals surface area contributed by atoms with Gasteiger partial charge in [-0.05, 0) is 70.1 Å². The number of hydrogen-bond donors (Lipinski definition) is 0. The number of carbonyl (C=O) groups excluding carboxylic acids is 2. The van der Waals surface area contributed by atoms with Gasteiger partial charge in [-0.2, -0.15) is 0 Å². The fourth-order valence-electron chi connectivity index (χ4n) is 3.85. The molecule has 0 unspecified atom stereocenters. The maximum absolute atomic E-state index is 13.9. The summed E-state index contributed by atoms with van der Waals surface area (Å²) in [5.74, 6) is -12.2. The summed E-state index contributed by atoms with van der Waals surface area (Å²) in [6.45, 7) is 0. The van der Waals surface area contributed by atoms with E-state index in [1.165, 1.54) is 24.3 Å². The summed E-state index contributed by atoms with van der Waals surface area (Å²) >= 11 is 0. The minimum absolute atomic E-state index is 0.0186. The maximum Gasteiger partial charge on any atom is 0.346 e. The van der Waals surface area contributed by atoms with Gasteiger partial charge in [-0.15, -0.1) is 0 Å². The van der Waals surface area contributed by atoms with Crippen molar-refractivity contribution in [2.45, 2.75) is 0 Å². The molecule has 0 aromatic heterocycles. The van der Waals surface area contributed by atoms with Crippen LogP contribution in [0.25, 0.3) is 21.5 Å². The van der Waals surface area contributed by atoms with E-state index in [1.807, 2.05) is 0 Å². The van der Waals surface area contributed by atoms with Crippen LogP contribution in [0.1, 0.15) is 20.7 Å². The van der Waals surface area contributed by atoms with Crippen molar-refractivity contribution in [1.82, 2.24) is 0 Å². The molecule has 5 aromatic carbocycles. The fourth-order valence-corrected chi connectivity index (χ4v) is 3.85. The van der Waals surface area contributed by atoms with Gasteiger partial charge in [0.15, 0.2) is 34.9 Å². The van der Waals surface area contributed by atoms with Crippen LogP contribution in [-0.4, -0.2) is 11.9 Å². The van der Waals surface area contributed by atoms with Crippen molar-refractivity contribution in [3.63, 3.8) is 0 Å². The van der Waals surface area contributed by atoms with Crippen molar-refractivity contribution in [3.8, 4) is 11.5 Å². The standard InChI is InChI=1S/C28H12F6O4/c29-21-9-7-19(23(31)25(21)33)27(35)37-15-3-5-17-13(11-15)1-2-14-12-16(4-6-18(14)17)38-28(36)20-8-10-22(30)26(34)24(20)32/h1-12H. The fraction of sp³-hybridized carbons (Fsp3) is 0. The summed E-state index contributed by atoms with van der Waals surface area (Å²) in [5.41, 5.74) is -1.54. The minimum atomic E-state index is -1.79. The molecule has 0 aliphatic heterocycles. The number of rotatable bonds is 4. The van der Waals surface area contributed by atoms with E-state index in [2.05, 4.69) is 0 Å². The Bertz CT molecular complexity index is 1650. The quantitative estimate of drug-likeness (QED) is 0.0813. The largest absolute Gasteiger partial charge is 0.423 e. The first-order chi connectivity index (χ1) is 18.1. The molecule has 0 bridgehead atoms. The van der Waals surface area contributed by atoms with Crippen LogP contribution in [-0.2, 0) is 0 Å². The Morgan fingerprint density at radius 1 is 0.474 bits per heavy atom. The van der Waals surface area contributed by atoms with Crippen LogP contribution in [0, 0.1) is 34.9 Å². The molecule has 0 saturated heterocycles. The highest BCUT2D eigenvalue weighted by Crippen LogP contribution is 2.31. The second kappa shape index (κ2) is 9.55. The number of esters is 2. The molecule has 5 aromatic rings. The van der Waals surface area contributed by atoms with Crippen LogP contribution < -0.4 is 9.47 Å². The monoisotopic (exact) mass is 526 g/mol.